The molecule has 0 aliphatic heterocycles. The summed E-state index contributed by atoms with van der Waals surface area (Å²) in [5.41, 5.74) is 2.75. The zero-order valence-corrected chi connectivity index (χ0v) is 19.2. The van der Waals surface area contributed by atoms with E-state index < -0.39 is 17.6 Å². The van der Waals surface area contributed by atoms with E-state index >= 15 is 0 Å². The first-order chi connectivity index (χ1) is 15.3. The van der Waals surface area contributed by atoms with Crippen LogP contribution >= 0.6 is 23.2 Å². The first-order valence-corrected chi connectivity index (χ1v) is 10.6. The number of benzene rings is 2. The quantitative estimate of drug-likeness (QED) is 0.230. The van der Waals surface area contributed by atoms with Gasteiger partial charge in [0.25, 0.3) is 0 Å². The Morgan fingerprint density at radius 1 is 1.19 bits per heavy atom. The van der Waals surface area contributed by atoms with Crippen LogP contribution in [-0.2, 0) is 20.9 Å². The first kappa shape index (κ1) is 25.6. The minimum absolute atomic E-state index is 0.104. The zero-order valence-electron chi connectivity index (χ0n) is 17.7. The molecule has 2 aromatic rings. The van der Waals surface area contributed by atoms with Crippen LogP contribution in [0.25, 0.3) is 0 Å². The van der Waals surface area contributed by atoms with Crippen molar-refractivity contribution < 1.29 is 23.5 Å². The fraction of sp³-hybridized carbons (Fsp3) is 0.318. The number of ether oxygens (including phenoxy) is 2. The molecule has 0 unspecified atom stereocenters. The Kier molecular flexibility index (Phi) is 10.4. The Hall–Kier alpha value is -2.68. The zero-order chi connectivity index (χ0) is 23.5. The lowest BCUT2D eigenvalue weighted by molar-refractivity contribution is -0.139. The van der Waals surface area contributed by atoms with Gasteiger partial charge in [-0.25, -0.2) is 9.82 Å². The Morgan fingerprint density at radius 3 is 2.69 bits per heavy atom. The molecule has 0 aromatic heterocycles. The second-order valence-corrected chi connectivity index (χ2v) is 7.74. The Balaban J connectivity index is 1.92. The highest BCUT2D eigenvalue weighted by Crippen LogP contribution is 2.25. The third-order valence-corrected chi connectivity index (χ3v) is 4.63. The van der Waals surface area contributed by atoms with Gasteiger partial charge in [0.2, 0.25) is 0 Å². The van der Waals surface area contributed by atoms with Crippen molar-refractivity contribution in [3.63, 3.8) is 0 Å². The smallest absolute Gasteiger partial charge is 0.329 e. The summed E-state index contributed by atoms with van der Waals surface area (Å²) in [5.74, 6) is -1.89. The maximum absolute atomic E-state index is 13.9. The molecule has 0 aliphatic rings. The van der Waals surface area contributed by atoms with Crippen LogP contribution in [0.5, 0.6) is 5.75 Å². The summed E-state index contributed by atoms with van der Waals surface area (Å²) in [5, 5.41) is 6.89. The van der Waals surface area contributed by atoms with E-state index in [9.17, 15) is 14.0 Å². The molecule has 0 atom stereocenters. The highest BCUT2D eigenvalue weighted by Gasteiger charge is 2.12. The molecular weight excluding hydrogens is 460 g/mol. The summed E-state index contributed by atoms with van der Waals surface area (Å²) < 4.78 is 25.0. The van der Waals surface area contributed by atoms with Crippen molar-refractivity contribution in [2.24, 2.45) is 5.10 Å². The van der Waals surface area contributed by atoms with Crippen molar-refractivity contribution in [3.05, 3.63) is 63.4 Å². The Labute approximate surface area is 195 Å². The van der Waals surface area contributed by atoms with Gasteiger partial charge in [0.15, 0.2) is 0 Å². The highest BCUT2D eigenvalue weighted by atomic mass is 35.5. The molecule has 2 N–H and O–H groups in total. The molecule has 32 heavy (non-hydrogen) atoms. The van der Waals surface area contributed by atoms with E-state index in [4.69, 9.17) is 32.7 Å². The minimum atomic E-state index is -0.923. The van der Waals surface area contributed by atoms with Gasteiger partial charge >= 0.3 is 11.8 Å². The van der Waals surface area contributed by atoms with E-state index in [-0.39, 0.29) is 23.3 Å². The van der Waals surface area contributed by atoms with Gasteiger partial charge in [-0.2, -0.15) is 5.10 Å². The van der Waals surface area contributed by atoms with Crippen LogP contribution in [-0.4, -0.2) is 37.3 Å². The van der Waals surface area contributed by atoms with Crippen LogP contribution in [0, 0.1) is 5.82 Å². The summed E-state index contributed by atoms with van der Waals surface area (Å²) in [6.45, 7) is 4.48. The van der Waals surface area contributed by atoms with Gasteiger partial charge in [0, 0.05) is 29.3 Å². The number of halogens is 3. The summed E-state index contributed by atoms with van der Waals surface area (Å²) >= 11 is 12.0. The second kappa shape index (κ2) is 13.0. The average molecular weight is 484 g/mol. The number of nitrogens with one attached hydrogen (secondary N) is 2. The predicted molar refractivity (Wildman–Crippen MR) is 122 cm³/mol. The molecule has 0 saturated heterocycles. The molecule has 0 heterocycles. The van der Waals surface area contributed by atoms with Crippen LogP contribution in [0.3, 0.4) is 0 Å². The number of hydrogen-bond donors (Lipinski definition) is 2. The summed E-state index contributed by atoms with van der Waals surface area (Å²) in [6, 6.07) is 9.06. The van der Waals surface area contributed by atoms with E-state index in [2.05, 4.69) is 15.8 Å². The number of rotatable bonds is 10. The largest absolute Gasteiger partial charge is 0.488 e. The molecule has 0 spiro atoms. The van der Waals surface area contributed by atoms with Gasteiger partial charge in [-0.1, -0.05) is 29.3 Å². The third-order valence-electron chi connectivity index (χ3n) is 4.04. The van der Waals surface area contributed by atoms with Crippen LogP contribution < -0.4 is 15.5 Å². The lowest BCUT2D eigenvalue weighted by Crippen LogP contribution is -2.38. The van der Waals surface area contributed by atoms with E-state index in [1.54, 1.807) is 24.3 Å². The summed E-state index contributed by atoms with van der Waals surface area (Å²) in [6.07, 6.45) is 1.95. The van der Waals surface area contributed by atoms with Crippen molar-refractivity contribution in [2.45, 2.75) is 33.0 Å². The van der Waals surface area contributed by atoms with Gasteiger partial charge in [-0.15, -0.1) is 0 Å². The molecule has 2 amide bonds. The van der Waals surface area contributed by atoms with E-state index in [1.807, 2.05) is 13.8 Å². The summed E-state index contributed by atoms with van der Waals surface area (Å²) in [7, 11) is 0. The Morgan fingerprint density at radius 2 is 1.97 bits per heavy atom. The average Bonchev–Trinajstić information content (AvgIpc) is 2.74. The minimum Gasteiger partial charge on any atom is -0.488 e. The topological polar surface area (TPSA) is 89.0 Å². The van der Waals surface area contributed by atoms with Crippen molar-refractivity contribution in [3.8, 4) is 5.75 Å². The lowest BCUT2D eigenvalue weighted by atomic mass is 10.2. The molecule has 0 aliphatic carbocycles. The number of amides is 2. The van der Waals surface area contributed by atoms with Crippen LogP contribution in [0.1, 0.15) is 31.4 Å². The highest BCUT2D eigenvalue weighted by molar-refractivity contribution is 6.35. The van der Waals surface area contributed by atoms with Crippen molar-refractivity contribution in [1.82, 2.24) is 10.7 Å². The van der Waals surface area contributed by atoms with E-state index in [0.717, 1.165) is 0 Å². The van der Waals surface area contributed by atoms with E-state index in [0.29, 0.717) is 35.9 Å². The van der Waals surface area contributed by atoms with Gasteiger partial charge in [0.1, 0.15) is 18.2 Å². The molecule has 7 nitrogen and oxygen atoms in total. The van der Waals surface area contributed by atoms with Crippen LogP contribution in [0.2, 0.25) is 10.0 Å². The van der Waals surface area contributed by atoms with Crippen molar-refractivity contribution in [2.75, 3.05) is 13.2 Å². The molecule has 0 fully saturated rings. The number of nitrogens with zero attached hydrogens (tertiary/aromatic N) is 1. The number of carbonyl (C=O) groups excluding carboxylic acids is 2. The number of carbonyl (C=O) groups is 2. The molecule has 0 radical (unpaired) electrons. The van der Waals surface area contributed by atoms with E-state index in [1.165, 1.54) is 18.3 Å². The van der Waals surface area contributed by atoms with Crippen molar-refractivity contribution >= 4 is 41.2 Å². The van der Waals surface area contributed by atoms with Gasteiger partial charge < -0.3 is 14.8 Å². The van der Waals surface area contributed by atoms with Crippen LogP contribution in [0.4, 0.5) is 4.39 Å². The van der Waals surface area contributed by atoms with Gasteiger partial charge in [0.05, 0.1) is 17.3 Å². The molecular formula is C22H24Cl2FN3O4. The SMILES string of the molecule is CC(C)OCCCNC(=O)C(=O)N/N=C\c1cc(Cl)ccc1OCc1c(F)cccc1Cl. The van der Waals surface area contributed by atoms with Gasteiger partial charge in [-0.3, -0.25) is 9.59 Å². The lowest BCUT2D eigenvalue weighted by Gasteiger charge is -2.11. The molecule has 2 aromatic carbocycles. The fourth-order valence-electron chi connectivity index (χ4n) is 2.46. The maximum Gasteiger partial charge on any atom is 0.329 e. The number of hydrazone groups is 1. The Bertz CT molecular complexity index is 950. The fourth-order valence-corrected chi connectivity index (χ4v) is 2.85. The maximum atomic E-state index is 13.9. The predicted octanol–water partition coefficient (Wildman–Crippen LogP) is 4.09. The molecule has 172 valence electrons. The molecule has 0 bridgehead atoms. The standard InChI is InChI=1S/C22H24Cl2FN3O4/c1-14(2)31-10-4-9-26-21(29)22(30)28-27-12-15-11-16(23)7-8-20(15)32-13-17-18(24)5-3-6-19(17)25/h3,5-8,11-12,14H,4,9-10,13H2,1-2H3,(H,26,29)(H,28,30)/b27-12-. The number of hydrogen-bond acceptors (Lipinski definition) is 5. The third kappa shape index (κ3) is 8.45. The van der Waals surface area contributed by atoms with Gasteiger partial charge in [-0.05, 0) is 50.6 Å². The van der Waals surface area contributed by atoms with Crippen molar-refractivity contribution in [1.29, 1.82) is 0 Å². The summed E-state index contributed by atoms with van der Waals surface area (Å²) in [4.78, 5) is 23.7. The van der Waals surface area contributed by atoms with Crippen LogP contribution in [0.15, 0.2) is 41.5 Å². The first-order valence-electron chi connectivity index (χ1n) is 9.86. The molecule has 0 saturated carbocycles. The second-order valence-electron chi connectivity index (χ2n) is 6.90. The normalized spacial score (nSPS) is 11.1. The molecule has 2 rings (SSSR count). The monoisotopic (exact) mass is 483 g/mol. The molecule has 10 heteroatoms.